The molecular weight excluding hydrogens is 228 g/mol. The van der Waals surface area contributed by atoms with Gasteiger partial charge >= 0.3 is 5.97 Å². The summed E-state index contributed by atoms with van der Waals surface area (Å²) in [6, 6.07) is 2.87. The Bertz CT molecular complexity index is 409. The minimum absolute atomic E-state index is 0.0313. The molecule has 0 saturated carbocycles. The molecule has 0 bridgehead atoms. The van der Waals surface area contributed by atoms with E-state index in [9.17, 15) is 13.6 Å². The van der Waals surface area contributed by atoms with Crippen molar-refractivity contribution in [1.29, 1.82) is 0 Å². The fraction of sp³-hybridized carbons (Fsp3) is 0.417. The molecule has 17 heavy (non-hydrogen) atoms. The molecule has 0 aliphatic rings. The van der Waals surface area contributed by atoms with Gasteiger partial charge in [0.05, 0.1) is 12.6 Å². The molecule has 1 unspecified atom stereocenters. The topological polar surface area (TPSA) is 52.3 Å². The Balaban J connectivity index is 2.88. The molecule has 1 aromatic rings. The molecule has 0 amide bonds. The summed E-state index contributed by atoms with van der Waals surface area (Å²) < 4.78 is 31.6. The first-order chi connectivity index (χ1) is 7.97. The van der Waals surface area contributed by atoms with Crippen LogP contribution >= 0.6 is 0 Å². The highest BCUT2D eigenvalue weighted by molar-refractivity contribution is 5.75. The Kier molecular flexibility index (Phi) is 4.57. The molecule has 2 N–H and O–H groups in total. The van der Waals surface area contributed by atoms with Crippen LogP contribution in [0.3, 0.4) is 0 Å². The highest BCUT2D eigenvalue weighted by Crippen LogP contribution is 2.21. The molecule has 0 heterocycles. The van der Waals surface area contributed by atoms with Gasteiger partial charge in [0, 0.05) is 5.56 Å². The number of hydrogen-bond donors (Lipinski definition) is 1. The van der Waals surface area contributed by atoms with Gasteiger partial charge in [-0.05, 0) is 25.5 Å². The molecule has 5 heteroatoms. The lowest BCUT2D eigenvalue weighted by atomic mass is 10.0. The van der Waals surface area contributed by atoms with E-state index in [-0.39, 0.29) is 12.2 Å². The maximum atomic E-state index is 13.6. The Morgan fingerprint density at radius 3 is 2.71 bits per heavy atom. The van der Waals surface area contributed by atoms with Crippen LogP contribution in [0.5, 0.6) is 0 Å². The first-order valence-electron chi connectivity index (χ1n) is 5.29. The molecule has 1 rings (SSSR count). The Hall–Kier alpha value is -1.49. The van der Waals surface area contributed by atoms with Crippen LogP contribution in [0.1, 0.15) is 24.1 Å². The molecule has 0 aliphatic carbocycles. The summed E-state index contributed by atoms with van der Waals surface area (Å²) >= 11 is 0. The van der Waals surface area contributed by atoms with Gasteiger partial charge in [-0.25, -0.2) is 13.6 Å². The third kappa shape index (κ3) is 3.23. The number of carbonyl (C=O) groups is 1. The zero-order valence-corrected chi connectivity index (χ0v) is 9.74. The van der Waals surface area contributed by atoms with E-state index in [4.69, 9.17) is 5.73 Å². The summed E-state index contributed by atoms with van der Waals surface area (Å²) in [6.45, 7) is 3.32. The molecule has 0 saturated heterocycles. The summed E-state index contributed by atoms with van der Waals surface area (Å²) in [7, 11) is 0. The van der Waals surface area contributed by atoms with E-state index < -0.39 is 24.0 Å². The second-order valence-electron chi connectivity index (χ2n) is 3.70. The van der Waals surface area contributed by atoms with Crippen molar-refractivity contribution in [3.05, 3.63) is 35.1 Å². The predicted octanol–water partition coefficient (Wildman–Crippen LogP) is 2.04. The lowest BCUT2D eigenvalue weighted by Gasteiger charge is -2.16. The number of carbonyl (C=O) groups excluding carboxylic acids is 1. The van der Waals surface area contributed by atoms with Crippen LogP contribution in [0.2, 0.25) is 0 Å². The van der Waals surface area contributed by atoms with E-state index in [1.807, 2.05) is 0 Å². The van der Waals surface area contributed by atoms with Crippen molar-refractivity contribution in [3.63, 3.8) is 0 Å². The second-order valence-corrected chi connectivity index (χ2v) is 3.70. The molecule has 0 aromatic heterocycles. The van der Waals surface area contributed by atoms with E-state index in [0.29, 0.717) is 5.56 Å². The van der Waals surface area contributed by atoms with Gasteiger partial charge in [-0.15, -0.1) is 0 Å². The third-order valence-corrected chi connectivity index (χ3v) is 2.34. The fourth-order valence-electron chi connectivity index (χ4n) is 1.43. The zero-order chi connectivity index (χ0) is 13.0. The molecule has 0 fully saturated rings. The standard InChI is InChI=1S/C12H15F2NO2/c1-3-17-12(16)10(14)11(15)8-5-4-7(2)6-9(8)13/h4-6,10-11H,3,15H2,1-2H3/t10?,11-/m0/s1. The largest absolute Gasteiger partial charge is 0.464 e. The van der Waals surface area contributed by atoms with Gasteiger partial charge in [-0.1, -0.05) is 12.1 Å². The quantitative estimate of drug-likeness (QED) is 0.823. The summed E-state index contributed by atoms with van der Waals surface area (Å²) in [6.07, 6.45) is -2.06. The average Bonchev–Trinajstić information content (AvgIpc) is 2.27. The molecule has 0 radical (unpaired) electrons. The zero-order valence-electron chi connectivity index (χ0n) is 9.74. The lowest BCUT2D eigenvalue weighted by molar-refractivity contribution is -0.149. The smallest absolute Gasteiger partial charge is 0.342 e. The third-order valence-electron chi connectivity index (χ3n) is 2.34. The van der Waals surface area contributed by atoms with Gasteiger partial charge < -0.3 is 10.5 Å². The number of nitrogens with two attached hydrogens (primary N) is 1. The Morgan fingerprint density at radius 1 is 1.53 bits per heavy atom. The molecule has 0 spiro atoms. The van der Waals surface area contributed by atoms with Crippen LogP contribution in [0.25, 0.3) is 0 Å². The first-order valence-corrected chi connectivity index (χ1v) is 5.29. The number of hydrogen-bond acceptors (Lipinski definition) is 3. The lowest BCUT2D eigenvalue weighted by Crippen LogP contribution is -2.32. The Morgan fingerprint density at radius 2 is 2.18 bits per heavy atom. The Labute approximate surface area is 98.6 Å². The molecule has 0 aliphatic heterocycles. The summed E-state index contributed by atoms with van der Waals surface area (Å²) in [5.74, 6) is -1.69. The second kappa shape index (κ2) is 5.72. The number of aryl methyl sites for hydroxylation is 1. The van der Waals surface area contributed by atoms with Crippen molar-refractivity contribution in [2.45, 2.75) is 26.1 Å². The average molecular weight is 243 g/mol. The van der Waals surface area contributed by atoms with Gasteiger partial charge in [0.2, 0.25) is 6.17 Å². The number of alkyl halides is 1. The van der Waals surface area contributed by atoms with E-state index >= 15 is 0 Å². The maximum Gasteiger partial charge on any atom is 0.342 e. The minimum Gasteiger partial charge on any atom is -0.464 e. The number of benzene rings is 1. The van der Waals surface area contributed by atoms with E-state index in [0.717, 1.165) is 0 Å². The van der Waals surface area contributed by atoms with Crippen molar-refractivity contribution in [1.82, 2.24) is 0 Å². The monoisotopic (exact) mass is 243 g/mol. The number of esters is 1. The first kappa shape index (κ1) is 13.6. The van der Waals surface area contributed by atoms with Crippen molar-refractivity contribution in [2.24, 2.45) is 5.73 Å². The minimum atomic E-state index is -2.06. The van der Waals surface area contributed by atoms with Gasteiger partial charge in [0.1, 0.15) is 5.82 Å². The summed E-state index contributed by atoms with van der Waals surface area (Å²) in [5.41, 5.74) is 6.17. The molecule has 3 nitrogen and oxygen atoms in total. The van der Waals surface area contributed by atoms with Gasteiger partial charge in [-0.2, -0.15) is 0 Å². The van der Waals surface area contributed by atoms with Gasteiger partial charge in [0.25, 0.3) is 0 Å². The highest BCUT2D eigenvalue weighted by Gasteiger charge is 2.29. The summed E-state index contributed by atoms with van der Waals surface area (Å²) in [5, 5.41) is 0. The molecular formula is C12H15F2NO2. The van der Waals surface area contributed by atoms with Gasteiger partial charge in [-0.3, -0.25) is 0 Å². The van der Waals surface area contributed by atoms with Crippen LogP contribution < -0.4 is 5.73 Å². The number of ether oxygens (including phenoxy) is 1. The molecule has 94 valence electrons. The van der Waals surface area contributed by atoms with E-state index in [2.05, 4.69) is 4.74 Å². The van der Waals surface area contributed by atoms with Crippen molar-refractivity contribution in [3.8, 4) is 0 Å². The molecule has 2 atom stereocenters. The number of rotatable bonds is 4. The van der Waals surface area contributed by atoms with Gasteiger partial charge in [0.15, 0.2) is 0 Å². The van der Waals surface area contributed by atoms with E-state index in [1.165, 1.54) is 12.1 Å². The van der Waals surface area contributed by atoms with Crippen LogP contribution in [0.4, 0.5) is 8.78 Å². The van der Waals surface area contributed by atoms with Crippen LogP contribution in [-0.4, -0.2) is 18.7 Å². The van der Waals surface area contributed by atoms with Crippen LogP contribution in [0, 0.1) is 12.7 Å². The maximum absolute atomic E-state index is 13.6. The number of halogens is 2. The SMILES string of the molecule is CCOC(=O)C(F)[C@@H](N)c1ccc(C)cc1F. The van der Waals surface area contributed by atoms with Crippen LogP contribution in [0.15, 0.2) is 18.2 Å². The fourth-order valence-corrected chi connectivity index (χ4v) is 1.43. The summed E-state index contributed by atoms with van der Waals surface area (Å²) in [4.78, 5) is 11.1. The van der Waals surface area contributed by atoms with Crippen molar-refractivity contribution < 1.29 is 18.3 Å². The van der Waals surface area contributed by atoms with Crippen molar-refractivity contribution in [2.75, 3.05) is 6.61 Å². The van der Waals surface area contributed by atoms with Crippen LogP contribution in [-0.2, 0) is 9.53 Å². The molecule has 1 aromatic carbocycles. The van der Waals surface area contributed by atoms with E-state index in [1.54, 1.807) is 19.9 Å². The predicted molar refractivity (Wildman–Crippen MR) is 59.6 cm³/mol. The van der Waals surface area contributed by atoms with Crippen molar-refractivity contribution >= 4 is 5.97 Å². The highest BCUT2D eigenvalue weighted by atomic mass is 19.1. The normalized spacial score (nSPS) is 14.2.